The van der Waals surface area contributed by atoms with Crippen LogP contribution >= 0.6 is 0 Å². The van der Waals surface area contributed by atoms with E-state index in [4.69, 9.17) is 0 Å². The number of aromatic amines is 1. The predicted octanol–water partition coefficient (Wildman–Crippen LogP) is 0.990. The standard InChI is InChI=1S/C14H14N2O5S/c1-16(2)22(20,21)12-6-4-3-5-9(12)11-8-15-13(17)7-10(11)14(18)19/h3-8H,1-2H3,(H,15,17)(H,18,19). The molecule has 1 heterocycles. The average molecular weight is 322 g/mol. The summed E-state index contributed by atoms with van der Waals surface area (Å²) >= 11 is 0. The number of carboxylic acid groups (broad SMARTS) is 1. The zero-order chi connectivity index (χ0) is 16.5. The van der Waals surface area contributed by atoms with Crippen molar-refractivity contribution in [1.82, 2.24) is 9.29 Å². The Labute approximate surface area is 126 Å². The Hall–Kier alpha value is -2.45. The maximum Gasteiger partial charge on any atom is 0.336 e. The number of rotatable bonds is 4. The number of carbonyl (C=O) groups is 1. The quantitative estimate of drug-likeness (QED) is 0.873. The van der Waals surface area contributed by atoms with Crippen LogP contribution in [0.1, 0.15) is 10.4 Å². The van der Waals surface area contributed by atoms with Crippen molar-refractivity contribution in [1.29, 1.82) is 0 Å². The number of hydrogen-bond acceptors (Lipinski definition) is 4. The average Bonchev–Trinajstić information content (AvgIpc) is 2.47. The highest BCUT2D eigenvalue weighted by atomic mass is 32.2. The number of carboxylic acids is 1. The van der Waals surface area contributed by atoms with E-state index >= 15 is 0 Å². The summed E-state index contributed by atoms with van der Waals surface area (Å²) in [7, 11) is -0.988. The molecule has 1 aromatic heterocycles. The number of nitrogens with one attached hydrogen (secondary N) is 1. The molecule has 0 unspecified atom stereocenters. The first-order chi connectivity index (χ1) is 10.2. The van der Waals surface area contributed by atoms with Crippen molar-refractivity contribution in [2.75, 3.05) is 14.1 Å². The fourth-order valence-corrected chi connectivity index (χ4v) is 3.08. The van der Waals surface area contributed by atoms with Gasteiger partial charge in [0.1, 0.15) is 0 Å². The van der Waals surface area contributed by atoms with Gasteiger partial charge in [0.25, 0.3) is 0 Å². The summed E-state index contributed by atoms with van der Waals surface area (Å²) in [5, 5.41) is 9.24. The van der Waals surface area contributed by atoms with Crippen LogP contribution in [0, 0.1) is 0 Å². The second-order valence-corrected chi connectivity index (χ2v) is 6.83. The van der Waals surface area contributed by atoms with E-state index in [1.807, 2.05) is 0 Å². The summed E-state index contributed by atoms with van der Waals surface area (Å²) in [5.74, 6) is -1.31. The number of aromatic carboxylic acids is 1. The second-order valence-electron chi connectivity index (χ2n) is 4.71. The minimum absolute atomic E-state index is 0.0328. The summed E-state index contributed by atoms with van der Waals surface area (Å²) < 4.78 is 25.8. The van der Waals surface area contributed by atoms with Gasteiger partial charge < -0.3 is 10.1 Å². The van der Waals surface area contributed by atoms with Crippen LogP contribution in [0.2, 0.25) is 0 Å². The molecule has 2 N–H and O–H groups in total. The van der Waals surface area contributed by atoms with E-state index < -0.39 is 21.6 Å². The minimum Gasteiger partial charge on any atom is -0.478 e. The molecule has 2 rings (SSSR count). The predicted molar refractivity (Wildman–Crippen MR) is 80.3 cm³/mol. The number of H-pyrrole nitrogens is 1. The van der Waals surface area contributed by atoms with Gasteiger partial charge >= 0.3 is 5.97 Å². The molecule has 0 aliphatic carbocycles. The normalized spacial score (nSPS) is 11.6. The van der Waals surface area contributed by atoms with Gasteiger partial charge in [-0.1, -0.05) is 18.2 Å². The third-order valence-corrected chi connectivity index (χ3v) is 4.96. The van der Waals surface area contributed by atoms with Crippen molar-refractivity contribution < 1.29 is 18.3 Å². The molecule has 0 fully saturated rings. The van der Waals surface area contributed by atoms with Crippen molar-refractivity contribution in [2.24, 2.45) is 0 Å². The number of hydrogen-bond donors (Lipinski definition) is 2. The Kier molecular flexibility index (Phi) is 4.16. The molecule has 8 heteroatoms. The summed E-state index contributed by atoms with van der Waals surface area (Å²) in [6.07, 6.45) is 1.20. The van der Waals surface area contributed by atoms with Crippen LogP contribution in [0.25, 0.3) is 11.1 Å². The first-order valence-electron chi connectivity index (χ1n) is 6.23. The molecule has 7 nitrogen and oxygen atoms in total. The molecule has 1 aromatic carbocycles. The lowest BCUT2D eigenvalue weighted by molar-refractivity contribution is 0.0697. The van der Waals surface area contributed by atoms with Gasteiger partial charge in [-0.25, -0.2) is 17.5 Å². The smallest absolute Gasteiger partial charge is 0.336 e. The van der Waals surface area contributed by atoms with Crippen molar-refractivity contribution in [3.63, 3.8) is 0 Å². The molecule has 0 bridgehead atoms. The fraction of sp³-hybridized carbons (Fsp3) is 0.143. The number of aromatic nitrogens is 1. The summed E-state index contributed by atoms with van der Waals surface area (Å²) in [6, 6.07) is 6.96. The van der Waals surface area contributed by atoms with Gasteiger partial charge in [-0.15, -0.1) is 0 Å². The molecule has 0 aliphatic heterocycles. The van der Waals surface area contributed by atoms with Gasteiger partial charge in [0.15, 0.2) is 0 Å². The molecule has 0 saturated carbocycles. The van der Waals surface area contributed by atoms with Crippen molar-refractivity contribution in [3.05, 3.63) is 52.4 Å². The first kappa shape index (κ1) is 15.9. The molecule has 0 saturated heterocycles. The first-order valence-corrected chi connectivity index (χ1v) is 7.67. The van der Waals surface area contributed by atoms with Gasteiger partial charge in [-0.3, -0.25) is 4.79 Å². The summed E-state index contributed by atoms with van der Waals surface area (Å²) in [6.45, 7) is 0. The van der Waals surface area contributed by atoms with E-state index in [-0.39, 0.29) is 21.6 Å². The lowest BCUT2D eigenvalue weighted by Gasteiger charge is -2.16. The minimum atomic E-state index is -3.76. The Morgan fingerprint density at radius 2 is 1.82 bits per heavy atom. The third-order valence-electron chi connectivity index (χ3n) is 3.09. The number of nitrogens with zero attached hydrogens (tertiary/aromatic N) is 1. The van der Waals surface area contributed by atoms with E-state index in [0.717, 1.165) is 10.4 Å². The Balaban J connectivity index is 2.81. The number of sulfonamides is 1. The molecule has 116 valence electrons. The Morgan fingerprint density at radius 1 is 1.18 bits per heavy atom. The highest BCUT2D eigenvalue weighted by Crippen LogP contribution is 2.30. The van der Waals surface area contributed by atoms with Crippen LogP contribution in [-0.2, 0) is 10.0 Å². The van der Waals surface area contributed by atoms with E-state index in [1.54, 1.807) is 12.1 Å². The molecule has 0 atom stereocenters. The molecular formula is C14H14N2O5S. The van der Waals surface area contributed by atoms with Gasteiger partial charge in [-0.2, -0.15) is 0 Å². The van der Waals surface area contributed by atoms with Crippen LogP contribution < -0.4 is 5.56 Å². The lowest BCUT2D eigenvalue weighted by Crippen LogP contribution is -2.23. The Morgan fingerprint density at radius 3 is 2.41 bits per heavy atom. The van der Waals surface area contributed by atoms with Crippen LogP contribution in [0.15, 0.2) is 46.2 Å². The van der Waals surface area contributed by atoms with Crippen LogP contribution in [0.3, 0.4) is 0 Å². The van der Waals surface area contributed by atoms with Crippen molar-refractivity contribution in [3.8, 4) is 11.1 Å². The highest BCUT2D eigenvalue weighted by molar-refractivity contribution is 7.89. The van der Waals surface area contributed by atoms with Crippen molar-refractivity contribution >= 4 is 16.0 Å². The van der Waals surface area contributed by atoms with Gasteiger partial charge in [0, 0.05) is 37.5 Å². The zero-order valence-electron chi connectivity index (χ0n) is 11.9. The monoisotopic (exact) mass is 322 g/mol. The lowest BCUT2D eigenvalue weighted by atomic mass is 10.0. The summed E-state index contributed by atoms with van der Waals surface area (Å²) in [4.78, 5) is 25.0. The Bertz CT molecular complexity index is 884. The highest BCUT2D eigenvalue weighted by Gasteiger charge is 2.24. The topological polar surface area (TPSA) is 108 Å². The SMILES string of the molecule is CN(C)S(=O)(=O)c1ccccc1-c1c[nH]c(=O)cc1C(=O)O. The molecule has 22 heavy (non-hydrogen) atoms. The van der Waals surface area contributed by atoms with Gasteiger partial charge in [-0.05, 0) is 6.07 Å². The zero-order valence-corrected chi connectivity index (χ0v) is 12.7. The van der Waals surface area contributed by atoms with Crippen LogP contribution in [-0.4, -0.2) is 42.9 Å². The van der Waals surface area contributed by atoms with E-state index in [9.17, 15) is 23.1 Å². The maximum atomic E-state index is 12.4. The van der Waals surface area contributed by atoms with Crippen LogP contribution in [0.5, 0.6) is 0 Å². The van der Waals surface area contributed by atoms with Crippen LogP contribution in [0.4, 0.5) is 0 Å². The molecule has 0 radical (unpaired) electrons. The molecule has 0 spiro atoms. The van der Waals surface area contributed by atoms with E-state index in [1.165, 1.54) is 32.4 Å². The maximum absolute atomic E-state index is 12.4. The largest absolute Gasteiger partial charge is 0.478 e. The van der Waals surface area contributed by atoms with Gasteiger partial charge in [0.05, 0.1) is 10.5 Å². The van der Waals surface area contributed by atoms with E-state index in [2.05, 4.69) is 4.98 Å². The number of benzene rings is 1. The fourth-order valence-electron chi connectivity index (χ4n) is 1.98. The molecule has 0 aliphatic rings. The molecular weight excluding hydrogens is 308 g/mol. The van der Waals surface area contributed by atoms with Crippen molar-refractivity contribution in [2.45, 2.75) is 4.90 Å². The summed E-state index contributed by atoms with van der Waals surface area (Å²) in [5.41, 5.74) is -0.489. The molecule has 2 aromatic rings. The number of pyridine rings is 1. The second kappa shape index (κ2) is 5.74. The van der Waals surface area contributed by atoms with Gasteiger partial charge in [0.2, 0.25) is 15.6 Å². The molecule has 0 amide bonds. The van der Waals surface area contributed by atoms with E-state index in [0.29, 0.717) is 0 Å². The third kappa shape index (κ3) is 2.78.